The van der Waals surface area contributed by atoms with E-state index in [0.29, 0.717) is 0 Å². The van der Waals surface area contributed by atoms with E-state index in [2.05, 4.69) is 36.2 Å². The predicted octanol–water partition coefficient (Wildman–Crippen LogP) is 2.60. The number of hydrogen-bond acceptors (Lipinski definition) is 1. The van der Waals surface area contributed by atoms with Gasteiger partial charge in [0, 0.05) is 5.69 Å². The molecule has 1 heterocycles. The first-order valence-electron chi connectivity index (χ1n) is 4.55. The molecule has 0 amide bonds. The summed E-state index contributed by atoms with van der Waals surface area (Å²) in [6.07, 6.45) is 7.69. The van der Waals surface area contributed by atoms with Crippen molar-refractivity contribution in [1.82, 2.24) is 4.98 Å². The normalized spacial score (nSPS) is 14.4. The van der Waals surface area contributed by atoms with Crippen molar-refractivity contribution in [2.45, 2.75) is 26.2 Å². The minimum atomic E-state index is 1.03. The van der Waals surface area contributed by atoms with Crippen molar-refractivity contribution in [2.24, 2.45) is 0 Å². The van der Waals surface area contributed by atoms with E-state index in [4.69, 9.17) is 0 Å². The molecule has 0 saturated heterocycles. The van der Waals surface area contributed by atoms with Gasteiger partial charge in [-0.05, 0) is 37.0 Å². The molecule has 0 aliphatic heterocycles. The standard InChI is InChI=1S/C11H13N/c1-2-10-8-7-9-5-3-4-6-11(9)12-10/h4,6-8H,2-3,5H2,1H3. The fraction of sp³-hybridized carbons (Fsp3) is 0.364. The lowest BCUT2D eigenvalue weighted by atomic mass is 10.0. The topological polar surface area (TPSA) is 12.9 Å². The highest BCUT2D eigenvalue weighted by atomic mass is 14.7. The van der Waals surface area contributed by atoms with Gasteiger partial charge in [-0.1, -0.05) is 19.1 Å². The van der Waals surface area contributed by atoms with E-state index in [1.54, 1.807) is 0 Å². The Bertz CT molecular complexity index is 313. The summed E-state index contributed by atoms with van der Waals surface area (Å²) in [5.74, 6) is 0. The van der Waals surface area contributed by atoms with Crippen molar-refractivity contribution >= 4 is 6.08 Å². The van der Waals surface area contributed by atoms with Gasteiger partial charge in [0.05, 0.1) is 5.69 Å². The number of aryl methyl sites for hydroxylation is 2. The van der Waals surface area contributed by atoms with E-state index in [1.807, 2.05) is 0 Å². The third-order valence-electron chi connectivity index (χ3n) is 2.29. The average molecular weight is 159 g/mol. The van der Waals surface area contributed by atoms with E-state index in [1.165, 1.54) is 23.4 Å². The third-order valence-corrected chi connectivity index (χ3v) is 2.29. The van der Waals surface area contributed by atoms with Crippen molar-refractivity contribution in [3.05, 3.63) is 35.2 Å². The van der Waals surface area contributed by atoms with Crippen molar-refractivity contribution in [3.63, 3.8) is 0 Å². The monoisotopic (exact) mass is 159 g/mol. The van der Waals surface area contributed by atoms with E-state index < -0.39 is 0 Å². The molecule has 0 radical (unpaired) electrons. The second kappa shape index (κ2) is 3.10. The fourth-order valence-electron chi connectivity index (χ4n) is 1.53. The fourth-order valence-corrected chi connectivity index (χ4v) is 1.53. The lowest BCUT2D eigenvalue weighted by Gasteiger charge is -2.09. The second-order valence-corrected chi connectivity index (χ2v) is 3.14. The van der Waals surface area contributed by atoms with E-state index in [9.17, 15) is 0 Å². The van der Waals surface area contributed by atoms with Gasteiger partial charge in [-0.3, -0.25) is 4.98 Å². The van der Waals surface area contributed by atoms with Crippen LogP contribution in [0.25, 0.3) is 6.08 Å². The first kappa shape index (κ1) is 7.53. The van der Waals surface area contributed by atoms with Gasteiger partial charge in [0.2, 0.25) is 0 Å². The van der Waals surface area contributed by atoms with Crippen LogP contribution in [0.15, 0.2) is 18.2 Å². The number of nitrogens with zero attached hydrogens (tertiary/aromatic N) is 1. The Kier molecular flexibility index (Phi) is 1.94. The van der Waals surface area contributed by atoms with Crippen LogP contribution >= 0.6 is 0 Å². The Balaban J connectivity index is 2.44. The summed E-state index contributed by atoms with van der Waals surface area (Å²) in [5.41, 5.74) is 3.77. The molecule has 1 aromatic heterocycles. The molecular weight excluding hydrogens is 146 g/mol. The Morgan fingerprint density at radius 2 is 2.33 bits per heavy atom. The zero-order chi connectivity index (χ0) is 8.39. The lowest BCUT2D eigenvalue weighted by Crippen LogP contribution is -1.99. The molecule has 0 bridgehead atoms. The molecule has 0 atom stereocenters. The summed E-state index contributed by atoms with van der Waals surface area (Å²) < 4.78 is 0. The Morgan fingerprint density at radius 3 is 3.17 bits per heavy atom. The van der Waals surface area contributed by atoms with Gasteiger partial charge in [0.15, 0.2) is 0 Å². The molecule has 2 rings (SSSR count). The van der Waals surface area contributed by atoms with Crippen LogP contribution in [0.2, 0.25) is 0 Å². The summed E-state index contributed by atoms with van der Waals surface area (Å²) in [7, 11) is 0. The van der Waals surface area contributed by atoms with Crippen LogP contribution in [-0.2, 0) is 12.8 Å². The molecule has 62 valence electrons. The quantitative estimate of drug-likeness (QED) is 0.613. The van der Waals surface area contributed by atoms with Crippen LogP contribution in [0.1, 0.15) is 30.3 Å². The first-order valence-corrected chi connectivity index (χ1v) is 4.55. The molecular formula is C11H13N. The molecule has 12 heavy (non-hydrogen) atoms. The highest BCUT2D eigenvalue weighted by Crippen LogP contribution is 2.17. The number of aromatic nitrogens is 1. The molecule has 1 aromatic rings. The summed E-state index contributed by atoms with van der Waals surface area (Å²) in [4.78, 5) is 4.54. The lowest BCUT2D eigenvalue weighted by molar-refractivity contribution is 0.936. The number of fused-ring (bicyclic) bond motifs is 1. The van der Waals surface area contributed by atoms with Crippen molar-refractivity contribution in [3.8, 4) is 0 Å². The Hall–Kier alpha value is -1.11. The van der Waals surface area contributed by atoms with Gasteiger partial charge in [0.1, 0.15) is 0 Å². The number of hydrogen-bond donors (Lipinski definition) is 0. The second-order valence-electron chi connectivity index (χ2n) is 3.14. The number of allylic oxidation sites excluding steroid dienone is 1. The zero-order valence-corrected chi connectivity index (χ0v) is 7.38. The average Bonchev–Trinajstić information content (AvgIpc) is 2.17. The van der Waals surface area contributed by atoms with Gasteiger partial charge in [-0.25, -0.2) is 0 Å². The van der Waals surface area contributed by atoms with Gasteiger partial charge in [-0.15, -0.1) is 0 Å². The van der Waals surface area contributed by atoms with Gasteiger partial charge in [-0.2, -0.15) is 0 Å². The molecule has 1 aliphatic carbocycles. The molecule has 1 heteroatoms. The maximum absolute atomic E-state index is 4.54. The van der Waals surface area contributed by atoms with Crippen molar-refractivity contribution in [1.29, 1.82) is 0 Å². The number of rotatable bonds is 1. The number of pyridine rings is 1. The Labute approximate surface area is 73.1 Å². The minimum Gasteiger partial charge on any atom is -0.253 e. The van der Waals surface area contributed by atoms with Crippen LogP contribution in [0.4, 0.5) is 0 Å². The Morgan fingerprint density at radius 1 is 1.42 bits per heavy atom. The molecule has 0 saturated carbocycles. The largest absolute Gasteiger partial charge is 0.253 e. The van der Waals surface area contributed by atoms with Crippen LogP contribution in [0.3, 0.4) is 0 Å². The molecule has 0 spiro atoms. The minimum absolute atomic E-state index is 1.03. The smallest absolute Gasteiger partial charge is 0.0661 e. The summed E-state index contributed by atoms with van der Waals surface area (Å²) in [5, 5.41) is 0. The SMILES string of the molecule is CCc1ccc2c(n1)C=CCC2. The summed E-state index contributed by atoms with van der Waals surface area (Å²) in [6.45, 7) is 2.14. The van der Waals surface area contributed by atoms with Crippen LogP contribution < -0.4 is 0 Å². The first-order chi connectivity index (χ1) is 5.90. The maximum Gasteiger partial charge on any atom is 0.0661 e. The van der Waals surface area contributed by atoms with E-state index in [0.717, 1.165) is 12.8 Å². The molecule has 0 aromatic carbocycles. The van der Waals surface area contributed by atoms with Gasteiger partial charge in [0.25, 0.3) is 0 Å². The maximum atomic E-state index is 4.54. The molecule has 0 unspecified atom stereocenters. The highest BCUT2D eigenvalue weighted by molar-refractivity contribution is 5.52. The zero-order valence-electron chi connectivity index (χ0n) is 7.38. The molecule has 0 fully saturated rings. The van der Waals surface area contributed by atoms with Gasteiger partial charge < -0.3 is 0 Å². The van der Waals surface area contributed by atoms with Crippen LogP contribution in [-0.4, -0.2) is 4.98 Å². The predicted molar refractivity (Wildman–Crippen MR) is 51.0 cm³/mol. The highest BCUT2D eigenvalue weighted by Gasteiger charge is 2.04. The molecule has 1 nitrogen and oxygen atoms in total. The van der Waals surface area contributed by atoms with E-state index in [-0.39, 0.29) is 0 Å². The van der Waals surface area contributed by atoms with E-state index >= 15 is 0 Å². The molecule has 0 N–H and O–H groups in total. The van der Waals surface area contributed by atoms with Gasteiger partial charge >= 0.3 is 0 Å². The summed E-state index contributed by atoms with van der Waals surface area (Å²) >= 11 is 0. The molecule has 1 aliphatic rings. The van der Waals surface area contributed by atoms with Crippen molar-refractivity contribution in [2.75, 3.05) is 0 Å². The van der Waals surface area contributed by atoms with Crippen LogP contribution in [0.5, 0.6) is 0 Å². The third kappa shape index (κ3) is 1.27. The summed E-state index contributed by atoms with van der Waals surface area (Å²) in [6, 6.07) is 4.35. The van der Waals surface area contributed by atoms with Crippen LogP contribution in [0, 0.1) is 0 Å². The van der Waals surface area contributed by atoms with Crippen molar-refractivity contribution < 1.29 is 0 Å².